The fourth-order valence-electron chi connectivity index (χ4n) is 2.24. The van der Waals surface area contributed by atoms with Gasteiger partial charge >= 0.3 is 0 Å². The number of carbonyl (C=O) groups is 1. The molecule has 134 valence electrons. The molecule has 2 rings (SSSR count). The van der Waals surface area contributed by atoms with Crippen LogP contribution in [0.1, 0.15) is 38.1 Å². The second kappa shape index (κ2) is 5.97. The molecule has 0 radical (unpaired) electrons. The number of rotatable bonds is 4. The van der Waals surface area contributed by atoms with Crippen LogP contribution in [0.3, 0.4) is 0 Å². The number of amides is 1. The van der Waals surface area contributed by atoms with E-state index in [0.717, 1.165) is 0 Å². The van der Waals surface area contributed by atoms with E-state index in [2.05, 4.69) is 39.2 Å². The Morgan fingerprint density at radius 3 is 2.58 bits per heavy atom. The summed E-state index contributed by atoms with van der Waals surface area (Å²) in [6.07, 6.45) is 0. The van der Waals surface area contributed by atoms with Gasteiger partial charge in [-0.2, -0.15) is 0 Å². The summed E-state index contributed by atoms with van der Waals surface area (Å²) in [5, 5.41) is 3.57. The average Bonchev–Trinajstić information content (AvgIpc) is 2.45. The second-order valence-electron chi connectivity index (χ2n) is 8.33. The maximum atomic E-state index is 11.3. The highest BCUT2D eigenvalue weighted by Gasteiger charge is 2.40. The predicted octanol–water partition coefficient (Wildman–Crippen LogP) is 2.95. The van der Waals surface area contributed by atoms with E-state index in [1.54, 1.807) is 12.1 Å². The Hall–Kier alpha value is -1.73. The number of carbonyl (C=O) groups excluding carboxylic acids is 1. The molecule has 0 saturated carbocycles. The van der Waals surface area contributed by atoms with Crippen molar-refractivity contribution in [2.75, 3.05) is 24.3 Å². The van der Waals surface area contributed by atoms with Crippen molar-refractivity contribution in [1.29, 1.82) is 0 Å². The summed E-state index contributed by atoms with van der Waals surface area (Å²) >= 11 is 0. The topological polar surface area (TPSA) is 99.6 Å². The fraction of sp³-hybridized carbons (Fsp3) is 0.588. The summed E-state index contributed by atoms with van der Waals surface area (Å²) in [6, 6.07) is 3.19. The van der Waals surface area contributed by atoms with Crippen LogP contribution < -0.4 is 21.5 Å². The molecule has 1 aromatic carbocycles. The van der Waals surface area contributed by atoms with Crippen LogP contribution in [-0.2, 0) is 4.43 Å². The van der Waals surface area contributed by atoms with Crippen LogP contribution in [-0.4, -0.2) is 33.0 Å². The van der Waals surface area contributed by atoms with E-state index in [1.165, 1.54) is 0 Å². The van der Waals surface area contributed by atoms with E-state index in [-0.39, 0.29) is 10.6 Å². The summed E-state index contributed by atoms with van der Waals surface area (Å²) < 4.78 is 12.2. The molecule has 24 heavy (non-hydrogen) atoms. The lowest BCUT2D eigenvalue weighted by atomic mass is 10.0. The third-order valence-electron chi connectivity index (χ3n) is 4.95. The zero-order valence-corrected chi connectivity index (χ0v) is 16.4. The smallest absolute Gasteiger partial charge is 0.248 e. The quantitative estimate of drug-likeness (QED) is 0.572. The fourth-order valence-corrected chi connectivity index (χ4v) is 3.35. The number of nitrogens with one attached hydrogen (secondary N) is 1. The zero-order chi connectivity index (χ0) is 18.3. The van der Waals surface area contributed by atoms with Crippen LogP contribution in [0, 0.1) is 0 Å². The molecule has 6 nitrogen and oxygen atoms in total. The van der Waals surface area contributed by atoms with Gasteiger partial charge in [0, 0.05) is 5.56 Å². The molecule has 0 spiro atoms. The second-order valence-corrected chi connectivity index (χ2v) is 13.1. The van der Waals surface area contributed by atoms with Gasteiger partial charge in [-0.3, -0.25) is 4.79 Å². The van der Waals surface area contributed by atoms with Crippen LogP contribution in [0.2, 0.25) is 18.1 Å². The lowest BCUT2D eigenvalue weighted by Gasteiger charge is -2.42. The number of hydrogen-bond donors (Lipinski definition) is 3. The molecule has 0 aliphatic carbocycles. The molecule has 0 saturated heterocycles. The summed E-state index contributed by atoms with van der Waals surface area (Å²) in [6.45, 7) is 14.1. The molecular formula is C17H29N3O3Si. The molecule has 1 unspecified atom stereocenters. The largest absolute Gasteiger partial charge is 0.489 e. The highest BCUT2D eigenvalue weighted by Crippen LogP contribution is 2.40. The number of hydrogen-bond acceptors (Lipinski definition) is 5. The monoisotopic (exact) mass is 351 g/mol. The van der Waals surface area contributed by atoms with Crippen molar-refractivity contribution in [3.05, 3.63) is 17.7 Å². The van der Waals surface area contributed by atoms with Gasteiger partial charge in [-0.15, -0.1) is 0 Å². The number of benzene rings is 1. The van der Waals surface area contributed by atoms with Crippen molar-refractivity contribution in [1.82, 2.24) is 0 Å². The van der Waals surface area contributed by atoms with E-state index in [1.807, 2.05) is 6.92 Å². The Labute approximate surface area is 145 Å². The van der Waals surface area contributed by atoms with Crippen molar-refractivity contribution in [3.8, 4) is 5.75 Å². The van der Waals surface area contributed by atoms with Crippen LogP contribution in [0.25, 0.3) is 0 Å². The Morgan fingerprint density at radius 1 is 1.42 bits per heavy atom. The van der Waals surface area contributed by atoms with Gasteiger partial charge < -0.3 is 25.9 Å². The van der Waals surface area contributed by atoms with Crippen LogP contribution >= 0.6 is 0 Å². The summed E-state index contributed by atoms with van der Waals surface area (Å²) in [7, 11) is -1.85. The number of fused-ring (bicyclic) bond motifs is 1. The van der Waals surface area contributed by atoms with Gasteiger partial charge in [0.1, 0.15) is 18.0 Å². The van der Waals surface area contributed by atoms with Gasteiger partial charge in [-0.1, -0.05) is 20.8 Å². The molecule has 0 aromatic heterocycles. The lowest BCUT2D eigenvalue weighted by Crippen LogP contribution is -2.52. The van der Waals surface area contributed by atoms with Gasteiger partial charge in [0.15, 0.2) is 8.32 Å². The first-order valence-electron chi connectivity index (χ1n) is 8.13. The average molecular weight is 352 g/mol. The first-order valence-corrected chi connectivity index (χ1v) is 11.0. The van der Waals surface area contributed by atoms with E-state index in [4.69, 9.17) is 20.6 Å². The van der Waals surface area contributed by atoms with Gasteiger partial charge in [0.2, 0.25) is 5.91 Å². The maximum Gasteiger partial charge on any atom is 0.248 e. The SMILES string of the molecule is CC1(CO[Si](C)(C)C(C)(C)C)COc2cc(C(N)=O)cc(N)c2N1. The Kier molecular flexibility index (Phi) is 4.62. The molecular weight excluding hydrogens is 322 g/mol. The summed E-state index contributed by atoms with van der Waals surface area (Å²) in [5.41, 5.74) is 12.5. The Morgan fingerprint density at radius 2 is 2.04 bits per heavy atom. The number of nitrogen functional groups attached to an aromatic ring is 1. The highest BCUT2D eigenvalue weighted by atomic mass is 28.4. The molecule has 1 atom stereocenters. The minimum atomic E-state index is -1.85. The van der Waals surface area contributed by atoms with E-state index < -0.39 is 14.2 Å². The van der Waals surface area contributed by atoms with Crippen molar-refractivity contribution < 1.29 is 14.0 Å². The molecule has 7 heteroatoms. The number of anilines is 2. The summed E-state index contributed by atoms with van der Waals surface area (Å²) in [4.78, 5) is 11.3. The molecule has 1 heterocycles. The lowest BCUT2D eigenvalue weighted by molar-refractivity contribution is 0.0999. The highest BCUT2D eigenvalue weighted by molar-refractivity contribution is 6.74. The van der Waals surface area contributed by atoms with E-state index in [0.29, 0.717) is 35.9 Å². The molecule has 1 aliphatic rings. The normalized spacial score (nSPS) is 20.8. The van der Waals surface area contributed by atoms with Gasteiger partial charge in [-0.05, 0) is 37.2 Å². The number of ether oxygens (including phenoxy) is 1. The van der Waals surface area contributed by atoms with Crippen molar-refractivity contribution in [3.63, 3.8) is 0 Å². The summed E-state index contributed by atoms with van der Waals surface area (Å²) in [5.74, 6) is 0.0243. The van der Waals surface area contributed by atoms with Gasteiger partial charge in [0.25, 0.3) is 0 Å². The minimum absolute atomic E-state index is 0.145. The Bertz CT molecular complexity index is 655. The number of primary amides is 1. The van der Waals surface area contributed by atoms with Crippen molar-refractivity contribution in [2.24, 2.45) is 5.73 Å². The zero-order valence-electron chi connectivity index (χ0n) is 15.4. The van der Waals surface area contributed by atoms with Crippen LogP contribution in [0.15, 0.2) is 12.1 Å². The minimum Gasteiger partial charge on any atom is -0.489 e. The maximum absolute atomic E-state index is 11.3. The van der Waals surface area contributed by atoms with Crippen LogP contribution in [0.4, 0.5) is 11.4 Å². The molecule has 0 fully saturated rings. The molecule has 0 bridgehead atoms. The molecule has 1 aromatic rings. The third kappa shape index (κ3) is 3.67. The van der Waals surface area contributed by atoms with E-state index >= 15 is 0 Å². The van der Waals surface area contributed by atoms with Gasteiger partial charge in [0.05, 0.1) is 17.8 Å². The van der Waals surface area contributed by atoms with Crippen molar-refractivity contribution >= 4 is 25.6 Å². The molecule has 5 N–H and O–H groups in total. The molecule has 1 aliphatic heterocycles. The first kappa shape index (κ1) is 18.6. The number of nitrogens with two attached hydrogens (primary N) is 2. The first-order chi connectivity index (χ1) is 10.8. The predicted molar refractivity (Wildman–Crippen MR) is 100 cm³/mol. The van der Waals surface area contributed by atoms with Crippen LogP contribution in [0.5, 0.6) is 5.75 Å². The standard InChI is InChI=1S/C17H29N3O3Si/c1-16(2,3)24(5,6)23-10-17(4)9-22-13-8-11(15(19)21)7-12(18)14(13)20-17/h7-8,20H,9-10,18H2,1-6H3,(H2,19,21). The van der Waals surface area contributed by atoms with Gasteiger partial charge in [-0.25, -0.2) is 0 Å². The Balaban J connectivity index is 2.18. The third-order valence-corrected chi connectivity index (χ3v) is 9.43. The van der Waals surface area contributed by atoms with Crippen molar-refractivity contribution in [2.45, 2.75) is 51.4 Å². The van der Waals surface area contributed by atoms with E-state index in [9.17, 15) is 4.79 Å². The molecule has 1 amide bonds.